The number of thiophene rings is 1. The van der Waals surface area contributed by atoms with Crippen LogP contribution in [0.25, 0.3) is 69.6 Å². The van der Waals surface area contributed by atoms with Crippen LogP contribution in [0.2, 0.25) is 0 Å². The van der Waals surface area contributed by atoms with Crippen molar-refractivity contribution in [2.45, 2.75) is 0 Å². The SMILES string of the molecule is c1ccc(N(c2ccc(-c3ccc(-n4c5ccccc5c5c6ccccc6ccc54)cc3)cc2)c2ccc3c(c2)sc2ccccc23)cc1. The highest BCUT2D eigenvalue weighted by Gasteiger charge is 2.16. The molecule has 0 amide bonds. The van der Waals surface area contributed by atoms with Crippen molar-refractivity contribution in [1.82, 2.24) is 4.57 Å². The third-order valence-corrected chi connectivity index (χ3v) is 10.9. The number of nitrogens with zero attached hydrogens (tertiary/aromatic N) is 2. The van der Waals surface area contributed by atoms with Crippen molar-refractivity contribution >= 4 is 81.1 Å². The van der Waals surface area contributed by atoms with Crippen molar-refractivity contribution in [2.24, 2.45) is 0 Å². The average molecular weight is 643 g/mol. The molecule has 2 aromatic heterocycles. The van der Waals surface area contributed by atoms with Crippen LogP contribution < -0.4 is 4.90 Å². The van der Waals surface area contributed by atoms with Gasteiger partial charge in [0.15, 0.2) is 0 Å². The Bertz CT molecular complexity index is 2810. The largest absolute Gasteiger partial charge is 0.310 e. The fraction of sp³-hybridized carbons (Fsp3) is 0. The molecular weight excluding hydrogens is 613 g/mol. The van der Waals surface area contributed by atoms with Crippen LogP contribution in [0.15, 0.2) is 182 Å². The van der Waals surface area contributed by atoms with Gasteiger partial charge in [-0.3, -0.25) is 0 Å². The molecule has 0 fully saturated rings. The zero-order chi connectivity index (χ0) is 32.3. The number of fused-ring (bicyclic) bond motifs is 8. The highest BCUT2D eigenvalue weighted by Crippen LogP contribution is 2.41. The lowest BCUT2D eigenvalue weighted by molar-refractivity contribution is 1.18. The van der Waals surface area contributed by atoms with Crippen molar-refractivity contribution in [3.8, 4) is 16.8 Å². The van der Waals surface area contributed by atoms with Crippen LogP contribution in [0.1, 0.15) is 0 Å². The first-order chi connectivity index (χ1) is 24.3. The zero-order valence-electron chi connectivity index (χ0n) is 26.6. The summed E-state index contributed by atoms with van der Waals surface area (Å²) in [6.07, 6.45) is 0. The molecule has 0 saturated carbocycles. The fourth-order valence-electron chi connectivity index (χ4n) is 7.50. The molecule has 0 saturated heterocycles. The van der Waals surface area contributed by atoms with Crippen LogP contribution in [0, 0.1) is 0 Å². The minimum absolute atomic E-state index is 1.13. The molecule has 8 aromatic carbocycles. The molecule has 0 radical (unpaired) electrons. The molecule has 230 valence electrons. The van der Waals surface area contributed by atoms with Gasteiger partial charge in [0, 0.05) is 53.7 Å². The molecule has 0 atom stereocenters. The first kappa shape index (κ1) is 27.9. The molecule has 0 bridgehead atoms. The predicted molar refractivity (Wildman–Crippen MR) is 211 cm³/mol. The van der Waals surface area contributed by atoms with E-state index in [1.807, 2.05) is 11.3 Å². The molecule has 0 aliphatic heterocycles. The third-order valence-electron chi connectivity index (χ3n) is 9.78. The van der Waals surface area contributed by atoms with Crippen molar-refractivity contribution in [3.63, 3.8) is 0 Å². The second-order valence-electron chi connectivity index (χ2n) is 12.6. The van der Waals surface area contributed by atoms with Crippen LogP contribution in [-0.4, -0.2) is 4.57 Å². The number of hydrogen-bond donors (Lipinski definition) is 0. The number of para-hydroxylation sites is 2. The van der Waals surface area contributed by atoms with E-state index in [0.29, 0.717) is 0 Å². The summed E-state index contributed by atoms with van der Waals surface area (Å²) in [4.78, 5) is 2.35. The standard InChI is InChI=1S/C46H30N2S/c1-2-11-34(12-3-1)47(37-27-28-40-39-14-7-9-17-44(39)49-45(40)30-37)35-23-18-31(19-24-35)32-20-25-36(26-21-32)48-42-16-8-6-15-41(42)46-38-13-5-4-10-33(38)22-29-43(46)48/h1-30H. The number of benzene rings is 8. The Kier molecular flexibility index (Phi) is 6.39. The zero-order valence-corrected chi connectivity index (χ0v) is 27.4. The highest BCUT2D eigenvalue weighted by atomic mass is 32.1. The van der Waals surface area contributed by atoms with Crippen molar-refractivity contribution < 1.29 is 0 Å². The Morgan fingerprint density at radius 1 is 0.388 bits per heavy atom. The summed E-state index contributed by atoms with van der Waals surface area (Å²) in [6.45, 7) is 0. The van der Waals surface area contributed by atoms with Crippen LogP contribution in [0.4, 0.5) is 17.1 Å². The van der Waals surface area contributed by atoms with E-state index in [9.17, 15) is 0 Å². The number of anilines is 3. The molecule has 0 aliphatic carbocycles. The molecule has 0 unspecified atom stereocenters. The van der Waals surface area contributed by atoms with Gasteiger partial charge in [-0.15, -0.1) is 11.3 Å². The lowest BCUT2D eigenvalue weighted by Crippen LogP contribution is -2.09. The minimum atomic E-state index is 1.13. The quantitative estimate of drug-likeness (QED) is 0.181. The maximum absolute atomic E-state index is 2.40. The van der Waals surface area contributed by atoms with Gasteiger partial charge in [-0.25, -0.2) is 0 Å². The molecule has 10 rings (SSSR count). The summed E-state index contributed by atoms with van der Waals surface area (Å²) in [6, 6.07) is 66.1. The van der Waals surface area contributed by atoms with E-state index in [0.717, 1.165) is 22.7 Å². The van der Waals surface area contributed by atoms with Crippen molar-refractivity contribution in [1.29, 1.82) is 0 Å². The van der Waals surface area contributed by atoms with Gasteiger partial charge in [-0.1, -0.05) is 115 Å². The van der Waals surface area contributed by atoms with Gasteiger partial charge in [-0.05, 0) is 88.6 Å². The predicted octanol–water partition coefficient (Wildman–Crippen LogP) is 13.4. The second kappa shape index (κ2) is 11.2. The normalized spacial score (nSPS) is 11.7. The minimum Gasteiger partial charge on any atom is -0.310 e. The first-order valence-electron chi connectivity index (χ1n) is 16.7. The summed E-state index contributed by atoms with van der Waals surface area (Å²) >= 11 is 1.86. The average Bonchev–Trinajstić information content (AvgIpc) is 3.71. The Hall–Kier alpha value is -6.16. The highest BCUT2D eigenvalue weighted by molar-refractivity contribution is 7.25. The molecular formula is C46H30N2S. The van der Waals surface area contributed by atoms with Crippen LogP contribution >= 0.6 is 11.3 Å². The smallest absolute Gasteiger partial charge is 0.0547 e. The van der Waals surface area contributed by atoms with Gasteiger partial charge < -0.3 is 9.47 Å². The lowest BCUT2D eigenvalue weighted by Gasteiger charge is -2.25. The van der Waals surface area contributed by atoms with Crippen LogP contribution in [-0.2, 0) is 0 Å². The Morgan fingerprint density at radius 3 is 1.82 bits per heavy atom. The Morgan fingerprint density at radius 2 is 1.00 bits per heavy atom. The molecule has 49 heavy (non-hydrogen) atoms. The number of aromatic nitrogens is 1. The number of rotatable bonds is 5. The van der Waals surface area contributed by atoms with Gasteiger partial charge in [0.05, 0.1) is 11.0 Å². The molecule has 10 aromatic rings. The van der Waals surface area contributed by atoms with Gasteiger partial charge in [0.2, 0.25) is 0 Å². The van der Waals surface area contributed by atoms with Gasteiger partial charge in [0.1, 0.15) is 0 Å². The molecule has 0 spiro atoms. The van der Waals surface area contributed by atoms with E-state index in [1.165, 1.54) is 63.9 Å². The van der Waals surface area contributed by atoms with Crippen LogP contribution in [0.5, 0.6) is 0 Å². The first-order valence-corrected chi connectivity index (χ1v) is 17.5. The molecule has 0 aliphatic rings. The van der Waals surface area contributed by atoms with E-state index < -0.39 is 0 Å². The van der Waals surface area contributed by atoms with E-state index in [2.05, 4.69) is 191 Å². The van der Waals surface area contributed by atoms with Gasteiger partial charge >= 0.3 is 0 Å². The van der Waals surface area contributed by atoms with E-state index >= 15 is 0 Å². The maximum Gasteiger partial charge on any atom is 0.0547 e. The van der Waals surface area contributed by atoms with Gasteiger partial charge in [-0.2, -0.15) is 0 Å². The summed E-state index contributed by atoms with van der Waals surface area (Å²) < 4.78 is 5.02. The topological polar surface area (TPSA) is 8.17 Å². The molecule has 2 heterocycles. The fourth-order valence-corrected chi connectivity index (χ4v) is 8.64. The van der Waals surface area contributed by atoms with E-state index in [1.54, 1.807) is 0 Å². The van der Waals surface area contributed by atoms with Crippen molar-refractivity contribution in [3.05, 3.63) is 182 Å². The van der Waals surface area contributed by atoms with E-state index in [4.69, 9.17) is 0 Å². The third kappa shape index (κ3) is 4.55. The van der Waals surface area contributed by atoms with E-state index in [-0.39, 0.29) is 0 Å². The second-order valence-corrected chi connectivity index (χ2v) is 13.7. The van der Waals surface area contributed by atoms with Gasteiger partial charge in [0.25, 0.3) is 0 Å². The summed E-state index contributed by atoms with van der Waals surface area (Å²) in [7, 11) is 0. The summed E-state index contributed by atoms with van der Waals surface area (Å²) in [5.41, 5.74) is 9.42. The molecule has 2 nitrogen and oxygen atoms in total. The summed E-state index contributed by atoms with van der Waals surface area (Å²) in [5.74, 6) is 0. The Balaban J connectivity index is 1.02. The van der Waals surface area contributed by atoms with Crippen LogP contribution in [0.3, 0.4) is 0 Å². The maximum atomic E-state index is 2.40. The Labute approximate surface area is 288 Å². The monoisotopic (exact) mass is 642 g/mol. The molecule has 0 N–H and O–H groups in total. The lowest BCUT2D eigenvalue weighted by atomic mass is 10.0. The molecule has 3 heteroatoms. The number of hydrogen-bond acceptors (Lipinski definition) is 2. The summed E-state index contributed by atoms with van der Waals surface area (Å²) in [5, 5.41) is 7.78. The van der Waals surface area contributed by atoms with Crippen molar-refractivity contribution in [2.75, 3.05) is 4.90 Å².